The first-order chi connectivity index (χ1) is 12.8. The maximum Gasteiger partial charge on any atom is 0.263 e. The van der Waals surface area contributed by atoms with Crippen molar-refractivity contribution in [3.63, 3.8) is 0 Å². The third-order valence-corrected chi connectivity index (χ3v) is 7.30. The molecule has 0 N–H and O–H groups in total. The van der Waals surface area contributed by atoms with Crippen LogP contribution in [0.1, 0.15) is 54.9 Å². The first-order valence-electron chi connectivity index (χ1n) is 9.21. The SMILES string of the molecule is CCn1c(SCc2nnnn2C2CC2)nc2sc3c(c2c1=O)CCCC3. The van der Waals surface area contributed by atoms with Gasteiger partial charge in [0.15, 0.2) is 11.0 Å². The summed E-state index contributed by atoms with van der Waals surface area (Å²) in [6.07, 6.45) is 6.78. The molecule has 1 fully saturated rings. The molecular weight excluding hydrogens is 368 g/mol. The Balaban J connectivity index is 1.52. The number of aryl methyl sites for hydroxylation is 2. The first-order valence-corrected chi connectivity index (χ1v) is 11.0. The third kappa shape index (κ3) is 2.68. The molecule has 0 spiro atoms. The second kappa shape index (κ2) is 6.45. The number of aromatic nitrogens is 6. The number of thioether (sulfide) groups is 1. The van der Waals surface area contributed by atoms with Gasteiger partial charge in [-0.15, -0.1) is 16.4 Å². The fourth-order valence-corrected chi connectivity index (χ4v) is 5.93. The lowest BCUT2D eigenvalue weighted by molar-refractivity contribution is 0.592. The fourth-order valence-electron chi connectivity index (χ4n) is 3.65. The van der Waals surface area contributed by atoms with Crippen molar-refractivity contribution in [2.45, 2.75) is 68.9 Å². The average Bonchev–Trinajstić information content (AvgIpc) is 3.26. The van der Waals surface area contributed by atoms with Crippen LogP contribution in [0.25, 0.3) is 10.2 Å². The molecule has 0 amide bonds. The molecule has 9 heteroatoms. The molecule has 7 nitrogen and oxygen atoms in total. The van der Waals surface area contributed by atoms with Gasteiger partial charge in [0, 0.05) is 11.4 Å². The van der Waals surface area contributed by atoms with E-state index >= 15 is 0 Å². The average molecular weight is 389 g/mol. The maximum atomic E-state index is 13.1. The van der Waals surface area contributed by atoms with Crippen LogP contribution in [0, 0.1) is 0 Å². The number of tetrazole rings is 1. The standard InChI is InChI=1S/C17H20N6OS2/c1-2-22-16(24)14-11-5-3-4-6-12(11)26-15(14)18-17(22)25-9-13-19-20-21-23(13)10-7-8-10/h10H,2-9H2,1H3. The molecule has 136 valence electrons. The Kier molecular flexibility index (Phi) is 4.08. The Bertz CT molecular complexity index is 1030. The summed E-state index contributed by atoms with van der Waals surface area (Å²) in [7, 11) is 0. The van der Waals surface area contributed by atoms with Crippen molar-refractivity contribution in [2.24, 2.45) is 0 Å². The van der Waals surface area contributed by atoms with Crippen LogP contribution in [-0.4, -0.2) is 29.8 Å². The lowest BCUT2D eigenvalue weighted by atomic mass is 9.97. The second-order valence-corrected chi connectivity index (χ2v) is 8.92. The number of nitrogens with zero attached hydrogens (tertiary/aromatic N) is 6. The van der Waals surface area contributed by atoms with Crippen molar-refractivity contribution in [3.05, 3.63) is 26.6 Å². The summed E-state index contributed by atoms with van der Waals surface area (Å²) in [6.45, 7) is 2.63. The molecule has 2 aliphatic rings. The lowest BCUT2D eigenvalue weighted by Crippen LogP contribution is -2.23. The summed E-state index contributed by atoms with van der Waals surface area (Å²) in [5.41, 5.74) is 1.37. The topological polar surface area (TPSA) is 78.5 Å². The molecular formula is C17H20N6OS2. The van der Waals surface area contributed by atoms with Crippen molar-refractivity contribution in [1.82, 2.24) is 29.8 Å². The van der Waals surface area contributed by atoms with Crippen molar-refractivity contribution in [2.75, 3.05) is 0 Å². The summed E-state index contributed by atoms with van der Waals surface area (Å²) in [5, 5.41) is 13.7. The van der Waals surface area contributed by atoms with Gasteiger partial charge in [-0.25, -0.2) is 9.67 Å². The molecule has 0 aliphatic heterocycles. The number of hydrogen-bond acceptors (Lipinski definition) is 7. The van der Waals surface area contributed by atoms with E-state index in [1.165, 1.54) is 23.3 Å². The van der Waals surface area contributed by atoms with Gasteiger partial charge in [-0.3, -0.25) is 9.36 Å². The molecule has 26 heavy (non-hydrogen) atoms. The van der Waals surface area contributed by atoms with E-state index in [2.05, 4.69) is 15.5 Å². The van der Waals surface area contributed by atoms with E-state index in [0.717, 1.165) is 46.9 Å². The predicted molar refractivity (Wildman–Crippen MR) is 102 cm³/mol. The zero-order chi connectivity index (χ0) is 17.7. The molecule has 3 aromatic heterocycles. The van der Waals surface area contributed by atoms with Crippen molar-refractivity contribution < 1.29 is 0 Å². The molecule has 0 atom stereocenters. The molecule has 5 rings (SSSR count). The van der Waals surface area contributed by atoms with Crippen LogP contribution in [0.3, 0.4) is 0 Å². The summed E-state index contributed by atoms with van der Waals surface area (Å²) in [6, 6.07) is 0.452. The minimum absolute atomic E-state index is 0.112. The first kappa shape index (κ1) is 16.4. The minimum atomic E-state index is 0.112. The van der Waals surface area contributed by atoms with Gasteiger partial charge in [0.1, 0.15) is 4.83 Å². The van der Waals surface area contributed by atoms with Gasteiger partial charge in [0.25, 0.3) is 5.56 Å². The summed E-state index contributed by atoms with van der Waals surface area (Å²) >= 11 is 3.26. The van der Waals surface area contributed by atoms with Gasteiger partial charge in [0.05, 0.1) is 17.2 Å². The highest BCUT2D eigenvalue weighted by molar-refractivity contribution is 7.98. The predicted octanol–water partition coefficient (Wildman–Crippen LogP) is 2.97. The largest absolute Gasteiger partial charge is 0.287 e. The van der Waals surface area contributed by atoms with E-state index in [-0.39, 0.29) is 5.56 Å². The molecule has 0 unspecified atom stereocenters. The molecule has 2 aliphatic carbocycles. The molecule has 0 bridgehead atoms. The zero-order valence-corrected chi connectivity index (χ0v) is 16.3. The number of hydrogen-bond donors (Lipinski definition) is 0. The smallest absolute Gasteiger partial charge is 0.263 e. The van der Waals surface area contributed by atoms with Crippen molar-refractivity contribution >= 4 is 33.3 Å². The van der Waals surface area contributed by atoms with Gasteiger partial charge in [-0.05, 0) is 61.4 Å². The molecule has 0 radical (unpaired) electrons. The molecule has 3 heterocycles. The van der Waals surface area contributed by atoms with E-state index < -0.39 is 0 Å². The van der Waals surface area contributed by atoms with Gasteiger partial charge >= 0.3 is 0 Å². The number of rotatable bonds is 5. The normalized spacial score (nSPS) is 17.0. The lowest BCUT2D eigenvalue weighted by Gasteiger charge is -2.12. The van der Waals surface area contributed by atoms with Crippen molar-refractivity contribution in [3.8, 4) is 0 Å². The van der Waals surface area contributed by atoms with Gasteiger partial charge in [-0.2, -0.15) is 0 Å². The van der Waals surface area contributed by atoms with Crippen LogP contribution >= 0.6 is 23.1 Å². The Hall–Kier alpha value is -1.74. The highest BCUT2D eigenvalue weighted by Gasteiger charge is 2.28. The Morgan fingerprint density at radius 2 is 2.12 bits per heavy atom. The van der Waals surface area contributed by atoms with E-state index in [4.69, 9.17) is 4.98 Å². The fraction of sp³-hybridized carbons (Fsp3) is 0.588. The molecule has 1 saturated carbocycles. The highest BCUT2D eigenvalue weighted by Crippen LogP contribution is 2.36. The third-order valence-electron chi connectivity index (χ3n) is 5.14. The van der Waals surface area contributed by atoms with Crippen LogP contribution in [-0.2, 0) is 25.1 Å². The van der Waals surface area contributed by atoms with Crippen LogP contribution in [0.5, 0.6) is 0 Å². The Morgan fingerprint density at radius 1 is 1.27 bits per heavy atom. The van der Waals surface area contributed by atoms with Gasteiger partial charge < -0.3 is 0 Å². The number of fused-ring (bicyclic) bond motifs is 3. The van der Waals surface area contributed by atoms with Crippen molar-refractivity contribution in [1.29, 1.82) is 0 Å². The van der Waals surface area contributed by atoms with Crippen LogP contribution in [0.4, 0.5) is 0 Å². The van der Waals surface area contributed by atoms with Gasteiger partial charge in [-0.1, -0.05) is 11.8 Å². The Labute approximate surface area is 158 Å². The molecule has 3 aromatic rings. The van der Waals surface area contributed by atoms with E-state index in [1.807, 2.05) is 11.6 Å². The Morgan fingerprint density at radius 3 is 2.92 bits per heavy atom. The van der Waals surface area contributed by atoms with Gasteiger partial charge in [0.2, 0.25) is 0 Å². The summed E-state index contributed by atoms with van der Waals surface area (Å²) in [4.78, 5) is 20.3. The number of thiophene rings is 1. The monoisotopic (exact) mass is 388 g/mol. The summed E-state index contributed by atoms with van der Waals surface area (Å²) in [5.74, 6) is 1.49. The van der Waals surface area contributed by atoms with E-state index in [9.17, 15) is 4.79 Å². The maximum absolute atomic E-state index is 13.1. The molecule has 0 saturated heterocycles. The van der Waals surface area contributed by atoms with E-state index in [0.29, 0.717) is 18.3 Å². The molecule has 0 aromatic carbocycles. The quantitative estimate of drug-likeness (QED) is 0.494. The van der Waals surface area contributed by atoms with E-state index in [1.54, 1.807) is 27.7 Å². The van der Waals surface area contributed by atoms with Crippen LogP contribution < -0.4 is 5.56 Å². The van der Waals surface area contributed by atoms with Crippen LogP contribution in [0.15, 0.2) is 9.95 Å². The van der Waals surface area contributed by atoms with Crippen LogP contribution in [0.2, 0.25) is 0 Å². The second-order valence-electron chi connectivity index (χ2n) is 6.89. The highest BCUT2D eigenvalue weighted by atomic mass is 32.2. The summed E-state index contributed by atoms with van der Waals surface area (Å²) < 4.78 is 3.73. The minimum Gasteiger partial charge on any atom is -0.287 e. The zero-order valence-electron chi connectivity index (χ0n) is 14.6.